The van der Waals surface area contributed by atoms with E-state index in [1.54, 1.807) is 5.38 Å². The molecule has 8 nitrogen and oxygen atoms in total. The summed E-state index contributed by atoms with van der Waals surface area (Å²) < 4.78 is 2.43. The van der Waals surface area contributed by atoms with Crippen molar-refractivity contribution in [2.75, 3.05) is 11.1 Å². The molecule has 0 fully saturated rings. The molecular formula is C21H25N5O3S. The molecule has 3 aromatic rings. The molecule has 0 aliphatic carbocycles. The second kappa shape index (κ2) is 8.66. The van der Waals surface area contributed by atoms with Crippen LogP contribution in [0.25, 0.3) is 11.3 Å². The largest absolute Gasteiger partial charge is 0.384 e. The van der Waals surface area contributed by atoms with E-state index in [9.17, 15) is 14.4 Å². The van der Waals surface area contributed by atoms with Gasteiger partial charge in [0.05, 0.1) is 12.1 Å². The number of nitrogens with one attached hydrogen (secondary N) is 1. The van der Waals surface area contributed by atoms with Crippen molar-refractivity contribution in [2.24, 2.45) is 13.0 Å². The number of aromatic nitrogens is 3. The number of hydrogen-bond donors (Lipinski definition) is 2. The number of hydrogen-bond acceptors (Lipinski definition) is 6. The fourth-order valence-electron chi connectivity index (χ4n) is 3.12. The van der Waals surface area contributed by atoms with E-state index in [1.165, 1.54) is 23.0 Å². The van der Waals surface area contributed by atoms with Crippen LogP contribution in [0.4, 0.5) is 11.5 Å². The molecule has 1 aromatic carbocycles. The number of nitrogen functional groups attached to an aromatic ring is 1. The maximum atomic E-state index is 12.7. The first-order valence-electron chi connectivity index (χ1n) is 9.58. The summed E-state index contributed by atoms with van der Waals surface area (Å²) in [5.41, 5.74) is 7.51. The van der Waals surface area contributed by atoms with E-state index < -0.39 is 11.2 Å². The van der Waals surface area contributed by atoms with Crippen LogP contribution in [-0.2, 0) is 24.8 Å². The predicted molar refractivity (Wildman–Crippen MR) is 120 cm³/mol. The lowest BCUT2D eigenvalue weighted by Crippen LogP contribution is -2.41. The molecule has 0 atom stereocenters. The van der Waals surface area contributed by atoms with Crippen molar-refractivity contribution in [3.63, 3.8) is 0 Å². The van der Waals surface area contributed by atoms with Crippen molar-refractivity contribution >= 4 is 28.7 Å². The molecule has 9 heteroatoms. The predicted octanol–water partition coefficient (Wildman–Crippen LogP) is 2.40. The Bertz CT molecular complexity index is 1210. The monoisotopic (exact) mass is 427 g/mol. The number of anilines is 2. The van der Waals surface area contributed by atoms with Gasteiger partial charge in [-0.1, -0.05) is 32.0 Å². The highest BCUT2D eigenvalue weighted by Gasteiger charge is 2.20. The maximum Gasteiger partial charge on any atom is 0.332 e. The van der Waals surface area contributed by atoms with E-state index >= 15 is 0 Å². The molecule has 158 valence electrons. The number of aryl methyl sites for hydroxylation is 1. The zero-order chi connectivity index (χ0) is 22.0. The lowest BCUT2D eigenvalue weighted by Gasteiger charge is -2.15. The standard InChI is InChI=1S/C21H25N5O3S/c1-12(2)10-26-19(22)18(20(28)25(4)21(26)29)15-11-30-17(24-15)9-16(27)23-14-8-6-5-7-13(14)3/h5-8,11-12H,9-10,22H2,1-4H3,(H,23,27). The van der Waals surface area contributed by atoms with Crippen LogP contribution in [0, 0.1) is 12.8 Å². The molecule has 0 aliphatic rings. The summed E-state index contributed by atoms with van der Waals surface area (Å²) >= 11 is 1.27. The Labute approximate surface area is 178 Å². The number of carbonyl (C=O) groups is 1. The van der Waals surface area contributed by atoms with Gasteiger partial charge in [0.15, 0.2) is 0 Å². The first-order chi connectivity index (χ1) is 14.2. The topological polar surface area (TPSA) is 112 Å². The van der Waals surface area contributed by atoms with Crippen LogP contribution in [0.5, 0.6) is 0 Å². The molecule has 0 saturated carbocycles. The van der Waals surface area contributed by atoms with Gasteiger partial charge >= 0.3 is 5.69 Å². The van der Waals surface area contributed by atoms with Crippen molar-refractivity contribution in [3.05, 3.63) is 61.1 Å². The molecule has 0 saturated heterocycles. The van der Waals surface area contributed by atoms with Gasteiger partial charge < -0.3 is 11.1 Å². The number of rotatable bonds is 6. The Hall–Kier alpha value is -3.20. The highest BCUT2D eigenvalue weighted by atomic mass is 32.1. The average Bonchev–Trinajstić information content (AvgIpc) is 3.13. The van der Waals surface area contributed by atoms with E-state index in [0.29, 0.717) is 17.2 Å². The molecule has 30 heavy (non-hydrogen) atoms. The zero-order valence-corrected chi connectivity index (χ0v) is 18.2. The first kappa shape index (κ1) is 21.5. The molecule has 0 spiro atoms. The van der Waals surface area contributed by atoms with Crippen molar-refractivity contribution < 1.29 is 4.79 Å². The van der Waals surface area contributed by atoms with E-state index in [1.807, 2.05) is 45.0 Å². The third-order valence-corrected chi connectivity index (χ3v) is 5.52. The summed E-state index contributed by atoms with van der Waals surface area (Å²) in [6.07, 6.45) is 0.0743. The van der Waals surface area contributed by atoms with Gasteiger partial charge in [-0.05, 0) is 24.5 Å². The summed E-state index contributed by atoms with van der Waals surface area (Å²) in [7, 11) is 1.42. The van der Waals surface area contributed by atoms with E-state index in [0.717, 1.165) is 15.8 Å². The number of benzene rings is 1. The van der Waals surface area contributed by atoms with Crippen LogP contribution < -0.4 is 22.3 Å². The lowest BCUT2D eigenvalue weighted by molar-refractivity contribution is -0.115. The number of thiazole rings is 1. The Kier molecular flexibility index (Phi) is 6.21. The van der Waals surface area contributed by atoms with Gasteiger partial charge in [-0.3, -0.25) is 18.7 Å². The minimum Gasteiger partial charge on any atom is -0.384 e. The van der Waals surface area contributed by atoms with Crippen molar-refractivity contribution in [1.29, 1.82) is 0 Å². The fourth-order valence-corrected chi connectivity index (χ4v) is 3.90. The molecule has 3 N–H and O–H groups in total. The first-order valence-corrected chi connectivity index (χ1v) is 10.5. The normalized spacial score (nSPS) is 11.1. The number of carbonyl (C=O) groups excluding carboxylic acids is 1. The molecule has 3 rings (SSSR count). The van der Waals surface area contributed by atoms with Crippen LogP contribution in [0.15, 0.2) is 39.2 Å². The van der Waals surface area contributed by atoms with E-state index in [4.69, 9.17) is 5.73 Å². The van der Waals surface area contributed by atoms with Gasteiger partial charge in [0.2, 0.25) is 5.91 Å². The smallest absolute Gasteiger partial charge is 0.332 e. The summed E-state index contributed by atoms with van der Waals surface area (Å²) in [6, 6.07) is 7.51. The molecule has 0 radical (unpaired) electrons. The Morgan fingerprint density at radius 2 is 1.97 bits per heavy atom. The minimum absolute atomic E-state index is 0.0743. The molecule has 0 aliphatic heterocycles. The second-order valence-electron chi connectivity index (χ2n) is 7.58. The van der Waals surface area contributed by atoms with E-state index in [2.05, 4.69) is 10.3 Å². The van der Waals surface area contributed by atoms with Gasteiger partial charge in [0.25, 0.3) is 5.56 Å². The number of nitrogens with two attached hydrogens (primary N) is 1. The SMILES string of the molecule is Cc1ccccc1NC(=O)Cc1nc(-c2c(N)n(CC(C)C)c(=O)n(C)c2=O)cs1. The summed E-state index contributed by atoms with van der Waals surface area (Å²) in [4.78, 5) is 42.0. The minimum atomic E-state index is -0.501. The second-order valence-corrected chi connectivity index (χ2v) is 8.52. The maximum absolute atomic E-state index is 12.7. The van der Waals surface area contributed by atoms with Gasteiger partial charge in [0.1, 0.15) is 16.4 Å². The lowest BCUT2D eigenvalue weighted by atomic mass is 10.2. The van der Waals surface area contributed by atoms with Crippen molar-refractivity contribution in [3.8, 4) is 11.3 Å². The van der Waals surface area contributed by atoms with Crippen LogP contribution >= 0.6 is 11.3 Å². The number of amides is 1. The van der Waals surface area contributed by atoms with Gasteiger partial charge in [0, 0.05) is 24.7 Å². The van der Waals surface area contributed by atoms with Crippen LogP contribution in [-0.4, -0.2) is 20.0 Å². The quantitative estimate of drug-likeness (QED) is 0.627. The van der Waals surface area contributed by atoms with E-state index in [-0.39, 0.29) is 29.6 Å². The number of para-hydroxylation sites is 1. The molecule has 0 unspecified atom stereocenters. The van der Waals surface area contributed by atoms with Crippen molar-refractivity contribution in [1.82, 2.24) is 14.1 Å². The number of nitrogens with zero attached hydrogens (tertiary/aromatic N) is 3. The van der Waals surface area contributed by atoms with Crippen molar-refractivity contribution in [2.45, 2.75) is 33.7 Å². The van der Waals surface area contributed by atoms with Gasteiger partial charge in [-0.25, -0.2) is 9.78 Å². The Morgan fingerprint density at radius 3 is 2.63 bits per heavy atom. The van der Waals surface area contributed by atoms with Crippen LogP contribution in [0.2, 0.25) is 0 Å². The summed E-state index contributed by atoms with van der Waals surface area (Å²) in [5, 5.41) is 5.11. The third kappa shape index (κ3) is 4.35. The zero-order valence-electron chi connectivity index (χ0n) is 17.4. The Morgan fingerprint density at radius 1 is 1.27 bits per heavy atom. The molecule has 1 amide bonds. The Balaban J connectivity index is 1.90. The van der Waals surface area contributed by atoms with Gasteiger partial charge in [-0.15, -0.1) is 11.3 Å². The molecular weight excluding hydrogens is 402 g/mol. The average molecular weight is 428 g/mol. The van der Waals surface area contributed by atoms with Crippen LogP contribution in [0.1, 0.15) is 24.4 Å². The summed E-state index contributed by atoms with van der Waals surface area (Å²) in [5.74, 6) is 0.0698. The molecule has 2 heterocycles. The third-order valence-electron chi connectivity index (χ3n) is 4.67. The summed E-state index contributed by atoms with van der Waals surface area (Å²) in [6.45, 7) is 6.23. The highest BCUT2D eigenvalue weighted by molar-refractivity contribution is 7.10. The van der Waals surface area contributed by atoms with Crippen LogP contribution in [0.3, 0.4) is 0 Å². The molecule has 0 bridgehead atoms. The van der Waals surface area contributed by atoms with Gasteiger partial charge in [-0.2, -0.15) is 0 Å². The molecule has 2 aromatic heterocycles. The highest BCUT2D eigenvalue weighted by Crippen LogP contribution is 2.24. The fraction of sp³-hybridized carbons (Fsp3) is 0.333.